The fourth-order valence-electron chi connectivity index (χ4n) is 2.60. The molecule has 0 spiro atoms. The van der Waals surface area contributed by atoms with Gasteiger partial charge in [0.2, 0.25) is 0 Å². The third-order valence-corrected chi connectivity index (χ3v) is 4.91. The zero-order chi connectivity index (χ0) is 12.4. The predicted molar refractivity (Wildman–Crippen MR) is 74.7 cm³/mol. The summed E-state index contributed by atoms with van der Waals surface area (Å²) in [5, 5.41) is 1.17. The summed E-state index contributed by atoms with van der Waals surface area (Å²) in [5.74, 6) is 0.864. The van der Waals surface area contributed by atoms with Crippen LogP contribution in [-0.2, 0) is 0 Å². The zero-order valence-electron chi connectivity index (χ0n) is 11.1. The highest BCUT2D eigenvalue weighted by molar-refractivity contribution is 7.15. The van der Waals surface area contributed by atoms with Crippen LogP contribution in [0.5, 0.6) is 0 Å². The van der Waals surface area contributed by atoms with E-state index in [1.165, 1.54) is 35.8 Å². The largest absolute Gasteiger partial charge is 0.348 e. The van der Waals surface area contributed by atoms with Gasteiger partial charge < -0.3 is 10.6 Å². The Hall–Kier alpha value is -0.610. The van der Waals surface area contributed by atoms with Crippen molar-refractivity contribution in [2.45, 2.75) is 46.1 Å². The number of hydrogen-bond acceptors (Lipinski definition) is 4. The van der Waals surface area contributed by atoms with Crippen molar-refractivity contribution in [3.63, 3.8) is 0 Å². The lowest BCUT2D eigenvalue weighted by Crippen LogP contribution is -2.19. The molecular formula is C13H23N3S. The summed E-state index contributed by atoms with van der Waals surface area (Å²) in [6, 6.07) is 0.107. The Labute approximate surface area is 108 Å². The molecule has 0 aromatic carbocycles. The third kappa shape index (κ3) is 2.80. The summed E-state index contributed by atoms with van der Waals surface area (Å²) in [6.45, 7) is 8.71. The molecule has 2 rings (SSSR count). The van der Waals surface area contributed by atoms with E-state index in [1.54, 1.807) is 11.3 Å². The van der Waals surface area contributed by atoms with Crippen LogP contribution >= 0.6 is 11.3 Å². The van der Waals surface area contributed by atoms with Crippen molar-refractivity contribution in [2.75, 3.05) is 18.0 Å². The second-order valence-corrected chi connectivity index (χ2v) is 6.13. The summed E-state index contributed by atoms with van der Waals surface area (Å²) >= 11 is 1.77. The third-order valence-electron chi connectivity index (χ3n) is 3.49. The van der Waals surface area contributed by atoms with Gasteiger partial charge in [-0.3, -0.25) is 0 Å². The summed E-state index contributed by atoms with van der Waals surface area (Å²) < 4.78 is 0. The van der Waals surface area contributed by atoms with E-state index in [9.17, 15) is 0 Å². The molecule has 1 aliphatic rings. The van der Waals surface area contributed by atoms with E-state index >= 15 is 0 Å². The lowest BCUT2D eigenvalue weighted by Gasteiger charge is -2.14. The molecule has 1 aliphatic heterocycles. The van der Waals surface area contributed by atoms with Gasteiger partial charge in [-0.05, 0) is 32.6 Å². The van der Waals surface area contributed by atoms with Gasteiger partial charge in [-0.2, -0.15) is 0 Å². The van der Waals surface area contributed by atoms with Gasteiger partial charge in [0.15, 0.2) is 5.13 Å². The summed E-state index contributed by atoms with van der Waals surface area (Å²) in [7, 11) is 0. The van der Waals surface area contributed by atoms with Crippen molar-refractivity contribution < 1.29 is 0 Å². The zero-order valence-corrected chi connectivity index (χ0v) is 11.9. The summed E-state index contributed by atoms with van der Waals surface area (Å²) in [4.78, 5) is 8.34. The molecule has 4 heteroatoms. The lowest BCUT2D eigenvalue weighted by molar-refractivity contribution is 0.530. The first-order valence-corrected chi connectivity index (χ1v) is 7.41. The summed E-state index contributed by atoms with van der Waals surface area (Å²) in [5.41, 5.74) is 7.06. The van der Waals surface area contributed by atoms with E-state index < -0.39 is 0 Å². The number of rotatable bonds is 4. The van der Waals surface area contributed by atoms with Crippen LogP contribution in [0, 0.1) is 12.8 Å². The highest BCUT2D eigenvalue weighted by Crippen LogP contribution is 2.33. The molecule has 1 fully saturated rings. The van der Waals surface area contributed by atoms with Crippen molar-refractivity contribution in [1.82, 2.24) is 4.98 Å². The fourth-order valence-corrected chi connectivity index (χ4v) is 3.65. The molecule has 1 aromatic rings. The second kappa shape index (κ2) is 5.36. The first-order valence-electron chi connectivity index (χ1n) is 6.59. The van der Waals surface area contributed by atoms with E-state index in [0.717, 1.165) is 18.2 Å². The molecule has 2 atom stereocenters. The van der Waals surface area contributed by atoms with Crippen molar-refractivity contribution in [3.05, 3.63) is 10.6 Å². The smallest absolute Gasteiger partial charge is 0.185 e. The maximum absolute atomic E-state index is 5.95. The van der Waals surface area contributed by atoms with Gasteiger partial charge in [-0.25, -0.2) is 4.98 Å². The lowest BCUT2D eigenvalue weighted by atomic mass is 10.0. The Bertz CT molecular complexity index is 373. The second-order valence-electron chi connectivity index (χ2n) is 5.12. The van der Waals surface area contributed by atoms with Crippen LogP contribution in [0.2, 0.25) is 0 Å². The minimum absolute atomic E-state index is 0.107. The van der Waals surface area contributed by atoms with Crippen molar-refractivity contribution in [1.29, 1.82) is 0 Å². The monoisotopic (exact) mass is 253 g/mol. The molecule has 3 nitrogen and oxygen atoms in total. The van der Waals surface area contributed by atoms with Gasteiger partial charge in [-0.15, -0.1) is 11.3 Å². The van der Waals surface area contributed by atoms with Crippen molar-refractivity contribution in [2.24, 2.45) is 11.7 Å². The topological polar surface area (TPSA) is 42.2 Å². The molecule has 0 radical (unpaired) electrons. The maximum Gasteiger partial charge on any atom is 0.185 e. The Morgan fingerprint density at radius 1 is 1.59 bits per heavy atom. The quantitative estimate of drug-likeness (QED) is 0.896. The molecule has 2 N–H and O–H groups in total. The van der Waals surface area contributed by atoms with Crippen LogP contribution in [0.15, 0.2) is 0 Å². The molecular weight excluding hydrogens is 230 g/mol. The Kier molecular flexibility index (Phi) is 4.05. The molecule has 0 saturated carbocycles. The van der Waals surface area contributed by atoms with E-state index in [2.05, 4.69) is 23.7 Å². The highest BCUT2D eigenvalue weighted by Gasteiger charge is 2.25. The van der Waals surface area contributed by atoms with E-state index in [1.807, 2.05) is 6.92 Å². The Morgan fingerprint density at radius 2 is 2.35 bits per heavy atom. The molecule has 2 unspecified atom stereocenters. The Morgan fingerprint density at radius 3 is 2.94 bits per heavy atom. The number of anilines is 1. The van der Waals surface area contributed by atoms with Crippen LogP contribution in [0.3, 0.4) is 0 Å². The van der Waals surface area contributed by atoms with Crippen LogP contribution < -0.4 is 10.6 Å². The highest BCUT2D eigenvalue weighted by atomic mass is 32.1. The van der Waals surface area contributed by atoms with Crippen molar-refractivity contribution in [3.8, 4) is 0 Å². The molecule has 0 bridgehead atoms. The summed E-state index contributed by atoms with van der Waals surface area (Å²) in [6.07, 6.45) is 3.96. The molecule has 96 valence electrons. The fraction of sp³-hybridized carbons (Fsp3) is 0.769. The maximum atomic E-state index is 5.95. The minimum Gasteiger partial charge on any atom is -0.348 e. The number of nitrogens with two attached hydrogens (primary N) is 1. The number of hydrogen-bond donors (Lipinski definition) is 1. The number of aromatic nitrogens is 1. The van der Waals surface area contributed by atoms with Crippen LogP contribution in [0.4, 0.5) is 5.13 Å². The molecule has 1 aromatic heterocycles. The number of nitrogens with zero attached hydrogens (tertiary/aromatic N) is 2. The van der Waals surface area contributed by atoms with Gasteiger partial charge in [0.05, 0.1) is 5.69 Å². The van der Waals surface area contributed by atoms with Gasteiger partial charge in [0.25, 0.3) is 0 Å². The Balaban J connectivity index is 2.06. The van der Waals surface area contributed by atoms with Crippen LogP contribution in [0.25, 0.3) is 0 Å². The number of thiazole rings is 1. The molecule has 2 heterocycles. The standard InChI is InChI=1S/C13H23N3S/c1-4-5-11-6-7-16(8-11)13-15-10(3)12(17-13)9(2)14/h9,11H,4-8,14H2,1-3H3. The van der Waals surface area contributed by atoms with E-state index in [-0.39, 0.29) is 6.04 Å². The number of aryl methyl sites for hydroxylation is 1. The van der Waals surface area contributed by atoms with Gasteiger partial charge in [0.1, 0.15) is 0 Å². The predicted octanol–water partition coefficient (Wildman–Crippen LogP) is 3.10. The van der Waals surface area contributed by atoms with Crippen molar-refractivity contribution >= 4 is 16.5 Å². The van der Waals surface area contributed by atoms with Gasteiger partial charge in [0, 0.05) is 24.0 Å². The normalized spacial score (nSPS) is 22.1. The molecule has 1 saturated heterocycles. The molecule has 0 aliphatic carbocycles. The molecule has 17 heavy (non-hydrogen) atoms. The average Bonchev–Trinajstić information content (AvgIpc) is 2.85. The minimum atomic E-state index is 0.107. The van der Waals surface area contributed by atoms with E-state index in [4.69, 9.17) is 5.73 Å². The van der Waals surface area contributed by atoms with E-state index in [0.29, 0.717) is 0 Å². The first-order chi connectivity index (χ1) is 8.11. The molecule has 0 amide bonds. The average molecular weight is 253 g/mol. The SMILES string of the molecule is CCCC1CCN(c2nc(C)c(C(C)N)s2)C1. The van der Waals surface area contributed by atoms with Crippen LogP contribution in [0.1, 0.15) is 49.7 Å². The van der Waals surface area contributed by atoms with Crippen LogP contribution in [-0.4, -0.2) is 18.1 Å². The van der Waals surface area contributed by atoms with Gasteiger partial charge >= 0.3 is 0 Å². The van der Waals surface area contributed by atoms with Gasteiger partial charge in [-0.1, -0.05) is 13.3 Å². The first kappa shape index (κ1) is 12.8.